The monoisotopic (exact) mass is 232 g/mol. The number of likely N-dealkylation sites (N-methyl/N-ethyl adjacent to an activating group) is 1. The van der Waals surface area contributed by atoms with E-state index < -0.39 is 0 Å². The van der Waals surface area contributed by atoms with Crippen LogP contribution in [0.3, 0.4) is 0 Å². The van der Waals surface area contributed by atoms with Crippen molar-refractivity contribution in [3.63, 3.8) is 0 Å². The summed E-state index contributed by atoms with van der Waals surface area (Å²) in [6.45, 7) is 10.2. The van der Waals surface area contributed by atoms with Crippen LogP contribution < -0.4 is 5.32 Å². The Bertz CT molecular complexity index is 180. The van der Waals surface area contributed by atoms with Gasteiger partial charge in [0.25, 0.3) is 0 Å². The molecule has 15 heavy (non-hydrogen) atoms. The minimum absolute atomic E-state index is 0.234. The highest BCUT2D eigenvalue weighted by Gasteiger charge is 2.26. The molecule has 0 spiro atoms. The zero-order chi connectivity index (χ0) is 11.3. The molecule has 90 valence electrons. The Kier molecular flexibility index (Phi) is 5.97. The van der Waals surface area contributed by atoms with E-state index in [4.69, 9.17) is 0 Å². The second-order valence-electron chi connectivity index (χ2n) is 4.27. The van der Waals surface area contributed by atoms with Crippen LogP contribution in [0.5, 0.6) is 0 Å². The lowest BCUT2D eigenvalue weighted by molar-refractivity contribution is 0.0925. The summed E-state index contributed by atoms with van der Waals surface area (Å²) < 4.78 is 0. The Morgan fingerprint density at radius 2 is 2.27 bits per heavy atom. The van der Waals surface area contributed by atoms with Gasteiger partial charge in [-0.05, 0) is 13.5 Å². The molecule has 0 aliphatic carbocycles. The zero-order valence-corrected chi connectivity index (χ0v) is 10.9. The first-order chi connectivity index (χ1) is 7.15. The van der Waals surface area contributed by atoms with Crippen molar-refractivity contribution in [2.75, 3.05) is 31.9 Å². The van der Waals surface area contributed by atoms with Crippen LogP contribution in [0, 0.1) is 0 Å². The third-order valence-corrected chi connectivity index (χ3v) is 4.43. The maximum atomic E-state index is 9.83. The van der Waals surface area contributed by atoms with Gasteiger partial charge >= 0.3 is 0 Å². The number of hydrogen-bond acceptors (Lipinski definition) is 4. The number of hydrogen-bond donors (Lipinski definition) is 2. The van der Waals surface area contributed by atoms with Crippen molar-refractivity contribution < 1.29 is 5.11 Å². The van der Waals surface area contributed by atoms with E-state index in [1.54, 1.807) is 0 Å². The molecule has 1 heterocycles. The average molecular weight is 232 g/mol. The van der Waals surface area contributed by atoms with Gasteiger partial charge in [-0.3, -0.25) is 4.90 Å². The predicted octanol–water partition coefficient (Wildman–Crippen LogP) is 0.783. The van der Waals surface area contributed by atoms with Gasteiger partial charge in [0.2, 0.25) is 0 Å². The van der Waals surface area contributed by atoms with E-state index in [9.17, 15) is 5.11 Å². The summed E-state index contributed by atoms with van der Waals surface area (Å²) in [6, 6.07) is 0.583. The molecule has 2 N–H and O–H groups in total. The van der Waals surface area contributed by atoms with Crippen molar-refractivity contribution in [1.82, 2.24) is 10.2 Å². The first-order valence-corrected chi connectivity index (χ1v) is 6.94. The highest BCUT2D eigenvalue weighted by atomic mass is 32.2. The van der Waals surface area contributed by atoms with Crippen LogP contribution in [0.15, 0.2) is 0 Å². The van der Waals surface area contributed by atoms with Gasteiger partial charge in [-0.25, -0.2) is 0 Å². The largest absolute Gasteiger partial charge is 0.390 e. The van der Waals surface area contributed by atoms with Crippen LogP contribution in [-0.4, -0.2) is 59.3 Å². The summed E-state index contributed by atoms with van der Waals surface area (Å²) in [7, 11) is 0. The summed E-state index contributed by atoms with van der Waals surface area (Å²) in [6.07, 6.45) is -0.234. The summed E-state index contributed by atoms with van der Waals surface area (Å²) in [4.78, 5) is 2.41. The summed E-state index contributed by atoms with van der Waals surface area (Å²) in [5.41, 5.74) is 0. The van der Waals surface area contributed by atoms with Crippen LogP contribution in [0.1, 0.15) is 20.8 Å². The molecule has 0 aromatic rings. The van der Waals surface area contributed by atoms with Crippen LogP contribution in [0.25, 0.3) is 0 Å². The molecule has 1 fully saturated rings. The maximum absolute atomic E-state index is 9.83. The number of aliphatic hydroxyl groups excluding tert-OH is 1. The first kappa shape index (κ1) is 13.3. The topological polar surface area (TPSA) is 35.5 Å². The zero-order valence-electron chi connectivity index (χ0n) is 10.1. The smallest absolute Gasteiger partial charge is 0.0791 e. The van der Waals surface area contributed by atoms with E-state index in [0.29, 0.717) is 17.8 Å². The molecule has 0 amide bonds. The van der Waals surface area contributed by atoms with Crippen molar-refractivity contribution >= 4 is 11.8 Å². The van der Waals surface area contributed by atoms with Gasteiger partial charge in [0, 0.05) is 36.7 Å². The van der Waals surface area contributed by atoms with Gasteiger partial charge in [0.05, 0.1) is 6.10 Å². The van der Waals surface area contributed by atoms with Gasteiger partial charge < -0.3 is 10.4 Å². The van der Waals surface area contributed by atoms with E-state index in [0.717, 1.165) is 19.6 Å². The van der Waals surface area contributed by atoms with Gasteiger partial charge in [-0.2, -0.15) is 11.8 Å². The van der Waals surface area contributed by atoms with E-state index >= 15 is 0 Å². The lowest BCUT2D eigenvalue weighted by atomic mass is 10.2. The lowest BCUT2D eigenvalue weighted by Gasteiger charge is -2.38. The fourth-order valence-electron chi connectivity index (χ4n) is 1.90. The van der Waals surface area contributed by atoms with Crippen molar-refractivity contribution in [1.29, 1.82) is 0 Å². The SMILES string of the molecule is CCNCC(O)CN1CCSC(C)C1C. The third kappa shape index (κ3) is 4.31. The standard InChI is InChI=1S/C11H24N2OS/c1-4-12-7-11(14)8-13-5-6-15-10(3)9(13)2/h9-12,14H,4-8H2,1-3H3. The molecule has 0 bridgehead atoms. The molecule has 3 unspecified atom stereocenters. The van der Waals surface area contributed by atoms with Crippen molar-refractivity contribution in [2.45, 2.75) is 38.2 Å². The van der Waals surface area contributed by atoms with Gasteiger partial charge in [0.1, 0.15) is 0 Å². The Labute approximate surface area is 97.6 Å². The molecular weight excluding hydrogens is 208 g/mol. The van der Waals surface area contributed by atoms with Gasteiger partial charge in [-0.15, -0.1) is 0 Å². The fourth-order valence-corrected chi connectivity index (χ4v) is 3.06. The number of aliphatic hydroxyl groups is 1. The highest BCUT2D eigenvalue weighted by Crippen LogP contribution is 2.23. The number of β-amino-alcohol motifs (C(OH)–C–C–N with tert-alkyl or cyclic N) is 1. The molecule has 1 rings (SSSR count). The Hall–Kier alpha value is 0.230. The Balaban J connectivity index is 2.29. The molecular formula is C11H24N2OS. The van der Waals surface area contributed by atoms with Crippen LogP contribution >= 0.6 is 11.8 Å². The molecule has 0 radical (unpaired) electrons. The second-order valence-corrected chi connectivity index (χ2v) is 5.76. The van der Waals surface area contributed by atoms with E-state index in [2.05, 4.69) is 31.0 Å². The molecule has 1 aliphatic heterocycles. The summed E-state index contributed by atoms with van der Waals surface area (Å²) in [5.74, 6) is 1.19. The molecule has 3 nitrogen and oxygen atoms in total. The highest BCUT2D eigenvalue weighted by molar-refractivity contribution is 8.00. The Morgan fingerprint density at radius 1 is 1.53 bits per heavy atom. The van der Waals surface area contributed by atoms with Crippen molar-refractivity contribution in [2.24, 2.45) is 0 Å². The quantitative estimate of drug-likeness (QED) is 0.734. The van der Waals surface area contributed by atoms with E-state index in [1.165, 1.54) is 5.75 Å². The van der Waals surface area contributed by atoms with Crippen LogP contribution in [0.2, 0.25) is 0 Å². The molecule has 3 atom stereocenters. The van der Waals surface area contributed by atoms with Crippen LogP contribution in [-0.2, 0) is 0 Å². The number of nitrogens with one attached hydrogen (secondary N) is 1. The maximum Gasteiger partial charge on any atom is 0.0791 e. The summed E-state index contributed by atoms with van der Waals surface area (Å²) >= 11 is 2.04. The molecule has 4 heteroatoms. The molecule has 0 aromatic heterocycles. The molecule has 1 aliphatic rings. The number of rotatable bonds is 5. The van der Waals surface area contributed by atoms with Gasteiger partial charge in [0.15, 0.2) is 0 Å². The molecule has 0 saturated carbocycles. The number of thioether (sulfide) groups is 1. The normalized spacial score (nSPS) is 30.4. The van der Waals surface area contributed by atoms with E-state index in [1.807, 2.05) is 11.8 Å². The van der Waals surface area contributed by atoms with E-state index in [-0.39, 0.29) is 6.10 Å². The summed E-state index contributed by atoms with van der Waals surface area (Å²) in [5, 5.41) is 13.7. The first-order valence-electron chi connectivity index (χ1n) is 5.89. The Morgan fingerprint density at radius 3 is 2.93 bits per heavy atom. The molecule has 0 aromatic carbocycles. The van der Waals surface area contributed by atoms with Crippen LogP contribution in [0.4, 0.5) is 0 Å². The fraction of sp³-hybridized carbons (Fsp3) is 1.00. The second kappa shape index (κ2) is 6.74. The van der Waals surface area contributed by atoms with Gasteiger partial charge in [-0.1, -0.05) is 13.8 Å². The van der Waals surface area contributed by atoms with Crippen molar-refractivity contribution in [3.05, 3.63) is 0 Å². The minimum atomic E-state index is -0.234. The minimum Gasteiger partial charge on any atom is -0.390 e. The average Bonchev–Trinajstić information content (AvgIpc) is 2.22. The number of nitrogens with zero attached hydrogens (tertiary/aromatic N) is 1. The predicted molar refractivity (Wildman–Crippen MR) is 67.5 cm³/mol. The molecule has 1 saturated heterocycles. The third-order valence-electron chi connectivity index (χ3n) is 3.09. The van der Waals surface area contributed by atoms with Crippen molar-refractivity contribution in [3.8, 4) is 0 Å². The lowest BCUT2D eigenvalue weighted by Crippen LogP contribution is -2.49.